The molecule has 35 heavy (non-hydrogen) atoms. The molecule has 1 amide bonds. The first-order valence-electron chi connectivity index (χ1n) is 13.8. The molecule has 2 rings (SSSR count). The van der Waals surface area contributed by atoms with Crippen LogP contribution in [0, 0.1) is 0 Å². The monoisotopic (exact) mass is 594 g/mol. The number of amides is 1. The van der Waals surface area contributed by atoms with Gasteiger partial charge >= 0.3 is 219 Å². The Morgan fingerprint density at radius 3 is 2.11 bits per heavy atom. The van der Waals surface area contributed by atoms with Crippen LogP contribution in [0.25, 0.3) is 0 Å². The summed E-state index contributed by atoms with van der Waals surface area (Å²) in [5, 5.41) is 0. The maximum atomic E-state index is 13.0. The van der Waals surface area contributed by atoms with E-state index in [1.807, 2.05) is 43.9 Å². The van der Waals surface area contributed by atoms with E-state index in [1.165, 1.54) is 57.4 Å². The zero-order chi connectivity index (χ0) is 25.7. The normalized spacial score (nSPS) is 17.8. The third-order valence-electron chi connectivity index (χ3n) is 6.76. The zero-order valence-electron chi connectivity index (χ0n) is 23.2. The Morgan fingerprint density at radius 1 is 1.03 bits per heavy atom. The second-order valence-corrected chi connectivity index (χ2v) is 24.1. The van der Waals surface area contributed by atoms with Gasteiger partial charge in [0.05, 0.1) is 0 Å². The molecule has 1 N–H and O–H groups in total. The standard InChI is InChI=1S/C17H23N2O3.3C4H9.Sn/c1-13-10-19(16(20)22-17(2,3)4)11-15(13)18-21-12-14-8-6-5-7-9-14;3*1-3-4-2;/h1,5-9,15,18H,10-12H2,2-4H3;3*1,3-4H2,2H3;. The van der Waals surface area contributed by atoms with Crippen LogP contribution in [0.3, 0.4) is 0 Å². The third kappa shape index (κ3) is 10.8. The van der Waals surface area contributed by atoms with Crippen molar-refractivity contribution < 1.29 is 14.4 Å². The molecule has 0 saturated carbocycles. The van der Waals surface area contributed by atoms with Gasteiger partial charge in [0.15, 0.2) is 0 Å². The van der Waals surface area contributed by atoms with E-state index in [0.717, 1.165) is 5.56 Å². The molecule has 0 spiro atoms. The van der Waals surface area contributed by atoms with Crippen molar-refractivity contribution in [1.82, 2.24) is 10.4 Å². The summed E-state index contributed by atoms with van der Waals surface area (Å²) < 4.78 is 12.7. The SMILES string of the molecule is CCC[CH2][Sn](/[CH]=C1\CN(C(=O)OC(C)(C)C)CC1NOCc1ccccc1)([CH2]CCC)[CH2]CCC. The maximum absolute atomic E-state index is 13.0. The van der Waals surface area contributed by atoms with Gasteiger partial charge in [0.2, 0.25) is 0 Å². The van der Waals surface area contributed by atoms with E-state index in [-0.39, 0.29) is 12.1 Å². The predicted molar refractivity (Wildman–Crippen MR) is 149 cm³/mol. The number of unbranched alkanes of at least 4 members (excludes halogenated alkanes) is 3. The van der Waals surface area contributed by atoms with Gasteiger partial charge in [0.25, 0.3) is 0 Å². The number of rotatable bonds is 14. The number of likely N-dealkylation sites (tertiary alicyclic amines) is 1. The molecule has 6 heteroatoms. The summed E-state index contributed by atoms with van der Waals surface area (Å²) in [6.07, 6.45) is 7.51. The molecule has 198 valence electrons. The average Bonchev–Trinajstić information content (AvgIpc) is 3.22. The van der Waals surface area contributed by atoms with Gasteiger partial charge < -0.3 is 0 Å². The molecule has 1 saturated heterocycles. The third-order valence-corrected chi connectivity index (χ3v) is 21.1. The van der Waals surface area contributed by atoms with E-state index >= 15 is 0 Å². The molecular formula is C29H50N2O3Sn. The van der Waals surface area contributed by atoms with Crippen molar-refractivity contribution in [1.29, 1.82) is 0 Å². The first-order chi connectivity index (χ1) is 16.7. The minimum atomic E-state index is -2.54. The van der Waals surface area contributed by atoms with E-state index in [0.29, 0.717) is 19.7 Å². The molecule has 0 aromatic heterocycles. The van der Waals surface area contributed by atoms with E-state index < -0.39 is 24.0 Å². The summed E-state index contributed by atoms with van der Waals surface area (Å²) in [5.74, 6) is 0. The Morgan fingerprint density at radius 2 is 1.60 bits per heavy atom. The van der Waals surface area contributed by atoms with E-state index in [1.54, 1.807) is 0 Å². The van der Waals surface area contributed by atoms with Crippen LogP contribution in [0.4, 0.5) is 4.79 Å². The van der Waals surface area contributed by atoms with Gasteiger partial charge in [0.1, 0.15) is 0 Å². The van der Waals surface area contributed by atoms with Gasteiger partial charge in [-0.1, -0.05) is 0 Å². The summed E-state index contributed by atoms with van der Waals surface area (Å²) in [7, 11) is 0. The molecule has 0 radical (unpaired) electrons. The summed E-state index contributed by atoms with van der Waals surface area (Å²) in [4.78, 5) is 20.8. The Labute approximate surface area is 218 Å². The number of benzene rings is 1. The number of hydrogen-bond acceptors (Lipinski definition) is 4. The van der Waals surface area contributed by atoms with Crippen molar-refractivity contribution in [3.8, 4) is 0 Å². The van der Waals surface area contributed by atoms with Crippen LogP contribution >= 0.6 is 0 Å². The first-order valence-corrected chi connectivity index (χ1v) is 21.5. The average molecular weight is 593 g/mol. The predicted octanol–water partition coefficient (Wildman–Crippen LogP) is 7.64. The molecule has 1 aromatic carbocycles. The summed E-state index contributed by atoms with van der Waals surface area (Å²) >= 11 is -2.54. The Hall–Kier alpha value is -1.05. The summed E-state index contributed by atoms with van der Waals surface area (Å²) in [6, 6.07) is 10.2. The number of carbonyl (C=O) groups is 1. The van der Waals surface area contributed by atoms with Gasteiger partial charge in [-0.3, -0.25) is 0 Å². The van der Waals surface area contributed by atoms with Crippen LogP contribution < -0.4 is 5.48 Å². The van der Waals surface area contributed by atoms with E-state index in [9.17, 15) is 4.79 Å². The van der Waals surface area contributed by atoms with Gasteiger partial charge in [-0.2, -0.15) is 0 Å². The quantitative estimate of drug-likeness (QED) is 0.178. The fraction of sp³-hybridized carbons (Fsp3) is 0.690. The number of carbonyl (C=O) groups excluding carboxylic acids is 1. The Balaban J connectivity index is 2.27. The van der Waals surface area contributed by atoms with E-state index in [4.69, 9.17) is 9.57 Å². The number of nitrogens with zero attached hydrogens (tertiary/aromatic N) is 1. The van der Waals surface area contributed by atoms with Crippen molar-refractivity contribution >= 4 is 24.5 Å². The molecule has 1 heterocycles. The second kappa shape index (κ2) is 15.3. The number of hydrogen-bond donors (Lipinski definition) is 1. The summed E-state index contributed by atoms with van der Waals surface area (Å²) in [5.41, 5.74) is 5.32. The summed E-state index contributed by atoms with van der Waals surface area (Å²) in [6.45, 7) is 14.5. The van der Waals surface area contributed by atoms with Crippen molar-refractivity contribution in [2.75, 3.05) is 13.1 Å². The van der Waals surface area contributed by atoms with Crippen LogP contribution in [-0.2, 0) is 16.2 Å². The minimum absolute atomic E-state index is 0.0205. The molecule has 1 fully saturated rings. The molecule has 1 aliphatic rings. The van der Waals surface area contributed by atoms with Crippen molar-refractivity contribution in [3.63, 3.8) is 0 Å². The topological polar surface area (TPSA) is 50.8 Å². The van der Waals surface area contributed by atoms with E-state index in [2.05, 4.69) is 42.5 Å². The first kappa shape index (κ1) is 30.2. The fourth-order valence-electron chi connectivity index (χ4n) is 4.83. The van der Waals surface area contributed by atoms with Crippen LogP contribution in [0.5, 0.6) is 0 Å². The molecular weight excluding hydrogens is 543 g/mol. The number of ether oxygens (including phenoxy) is 1. The molecule has 0 bridgehead atoms. The second-order valence-electron chi connectivity index (χ2n) is 11.2. The number of hydroxylamine groups is 1. The number of nitrogens with one attached hydrogen (secondary N) is 1. The molecule has 1 aromatic rings. The van der Waals surface area contributed by atoms with Crippen molar-refractivity contribution in [3.05, 3.63) is 45.6 Å². The molecule has 1 unspecified atom stereocenters. The fourth-order valence-corrected chi connectivity index (χ4v) is 20.3. The Bertz CT molecular complexity index is 754. The van der Waals surface area contributed by atoms with Crippen LogP contribution in [0.1, 0.15) is 85.6 Å². The van der Waals surface area contributed by atoms with Crippen molar-refractivity contribution in [2.45, 2.75) is 112 Å². The molecule has 0 aliphatic carbocycles. The van der Waals surface area contributed by atoms with Gasteiger partial charge in [-0.15, -0.1) is 0 Å². The molecule has 1 aliphatic heterocycles. The van der Waals surface area contributed by atoms with Crippen LogP contribution in [0.2, 0.25) is 13.3 Å². The van der Waals surface area contributed by atoms with Crippen LogP contribution in [-0.4, -0.2) is 54.1 Å². The zero-order valence-corrected chi connectivity index (χ0v) is 26.1. The Kier molecular flexibility index (Phi) is 13.2. The molecule has 5 nitrogen and oxygen atoms in total. The van der Waals surface area contributed by atoms with Gasteiger partial charge in [0, 0.05) is 0 Å². The van der Waals surface area contributed by atoms with Gasteiger partial charge in [-0.05, 0) is 0 Å². The van der Waals surface area contributed by atoms with Gasteiger partial charge in [-0.25, -0.2) is 0 Å². The van der Waals surface area contributed by atoms with Crippen molar-refractivity contribution in [2.24, 2.45) is 0 Å². The van der Waals surface area contributed by atoms with Crippen LogP contribution in [0.15, 0.2) is 40.0 Å². The molecule has 1 atom stereocenters.